The number of H-pyrrole nitrogens is 1. The number of nitrogens with two attached hydrogens (primary N) is 3. The summed E-state index contributed by atoms with van der Waals surface area (Å²) in [6, 6.07) is 5.53. The summed E-state index contributed by atoms with van der Waals surface area (Å²) in [5, 5.41) is 0.834. The highest BCUT2D eigenvalue weighted by Crippen LogP contribution is 2.34. The molecule has 2 aromatic rings. The molecule has 0 aliphatic carbocycles. The van der Waals surface area contributed by atoms with E-state index in [4.69, 9.17) is 17.2 Å². The molecule has 1 heterocycles. The number of nitrogen functional groups attached to an aromatic ring is 1. The summed E-state index contributed by atoms with van der Waals surface area (Å²) in [5.41, 5.74) is 17.9. The highest BCUT2D eigenvalue weighted by molar-refractivity contribution is 7.80. The first-order chi connectivity index (χ1) is 7.09. The molecule has 0 aliphatic heterocycles. The maximum Gasteiger partial charge on any atom is 0.192 e. The Labute approximate surface area is 91.8 Å². The third-order valence-corrected chi connectivity index (χ3v) is 2.49. The molecule has 15 heavy (non-hydrogen) atoms. The van der Waals surface area contributed by atoms with Gasteiger partial charge in [0.25, 0.3) is 0 Å². The first-order valence-electron chi connectivity index (χ1n) is 4.28. The van der Waals surface area contributed by atoms with Crippen molar-refractivity contribution < 1.29 is 0 Å². The van der Waals surface area contributed by atoms with Gasteiger partial charge in [0.15, 0.2) is 5.96 Å². The maximum absolute atomic E-state index is 5.82. The zero-order valence-corrected chi connectivity index (χ0v) is 8.75. The van der Waals surface area contributed by atoms with Crippen LogP contribution in [0.1, 0.15) is 0 Å². The molecule has 5 nitrogen and oxygen atoms in total. The molecule has 0 radical (unpaired) electrons. The lowest BCUT2D eigenvalue weighted by Crippen LogP contribution is -2.21. The van der Waals surface area contributed by atoms with E-state index < -0.39 is 0 Å². The smallest absolute Gasteiger partial charge is 0.192 e. The van der Waals surface area contributed by atoms with Crippen LogP contribution in [0, 0.1) is 0 Å². The molecule has 0 aliphatic rings. The van der Waals surface area contributed by atoms with E-state index in [0.29, 0.717) is 16.4 Å². The van der Waals surface area contributed by atoms with Gasteiger partial charge in [0.05, 0.1) is 10.4 Å². The fraction of sp³-hybridized carbons (Fsp3) is 0. The van der Waals surface area contributed by atoms with Crippen molar-refractivity contribution in [2.45, 2.75) is 4.90 Å². The van der Waals surface area contributed by atoms with E-state index in [0.717, 1.165) is 10.9 Å². The summed E-state index contributed by atoms with van der Waals surface area (Å²) in [6.07, 6.45) is 0. The number of anilines is 1. The SMILES string of the molecule is NC(N)=Nc1[nH]c2cccc(N)c2c1S. The Morgan fingerprint density at radius 1 is 1.33 bits per heavy atom. The molecule has 1 aromatic carbocycles. The Bertz CT molecular complexity index is 539. The van der Waals surface area contributed by atoms with Crippen LogP contribution in [0.5, 0.6) is 0 Å². The van der Waals surface area contributed by atoms with Crippen LogP contribution in [-0.2, 0) is 0 Å². The molecule has 0 saturated heterocycles. The van der Waals surface area contributed by atoms with Crippen molar-refractivity contribution >= 4 is 41.0 Å². The van der Waals surface area contributed by atoms with Crippen LogP contribution in [0.25, 0.3) is 10.9 Å². The number of nitrogens with zero attached hydrogens (tertiary/aromatic N) is 1. The van der Waals surface area contributed by atoms with Gasteiger partial charge in [-0.2, -0.15) is 4.99 Å². The molecule has 0 spiro atoms. The van der Waals surface area contributed by atoms with Gasteiger partial charge in [0, 0.05) is 11.1 Å². The largest absolute Gasteiger partial charge is 0.398 e. The van der Waals surface area contributed by atoms with E-state index in [1.165, 1.54) is 0 Å². The lowest BCUT2D eigenvalue weighted by molar-refractivity contribution is 1.29. The molecule has 7 N–H and O–H groups in total. The molecule has 6 heteroatoms. The molecular weight excluding hydrogens is 210 g/mol. The van der Waals surface area contributed by atoms with Gasteiger partial charge in [-0.25, -0.2) is 0 Å². The van der Waals surface area contributed by atoms with Gasteiger partial charge in [-0.1, -0.05) is 6.07 Å². The second-order valence-corrected chi connectivity index (χ2v) is 3.58. The van der Waals surface area contributed by atoms with Gasteiger partial charge >= 0.3 is 0 Å². The lowest BCUT2D eigenvalue weighted by atomic mass is 10.2. The summed E-state index contributed by atoms with van der Waals surface area (Å²) in [4.78, 5) is 7.60. The third-order valence-electron chi connectivity index (χ3n) is 2.05. The number of benzene rings is 1. The fourth-order valence-electron chi connectivity index (χ4n) is 1.45. The van der Waals surface area contributed by atoms with Crippen molar-refractivity contribution in [3.8, 4) is 0 Å². The van der Waals surface area contributed by atoms with E-state index in [1.807, 2.05) is 12.1 Å². The van der Waals surface area contributed by atoms with Crippen molar-refractivity contribution in [3.05, 3.63) is 18.2 Å². The summed E-state index contributed by atoms with van der Waals surface area (Å²) >= 11 is 4.33. The Morgan fingerprint density at radius 2 is 2.07 bits per heavy atom. The molecule has 0 atom stereocenters. The van der Waals surface area contributed by atoms with Crippen LogP contribution in [0.15, 0.2) is 28.1 Å². The van der Waals surface area contributed by atoms with Crippen molar-refractivity contribution in [3.63, 3.8) is 0 Å². The molecule has 0 bridgehead atoms. The quantitative estimate of drug-likeness (QED) is 0.214. The summed E-state index contributed by atoms with van der Waals surface area (Å²) in [7, 11) is 0. The number of rotatable bonds is 1. The number of nitrogens with one attached hydrogen (secondary N) is 1. The predicted octanol–water partition coefficient (Wildman–Crippen LogP) is 0.944. The molecular formula is C9H11N5S. The molecule has 0 fully saturated rings. The van der Waals surface area contributed by atoms with Crippen molar-refractivity contribution in [1.29, 1.82) is 0 Å². The van der Waals surface area contributed by atoms with Gasteiger partial charge in [-0.15, -0.1) is 12.6 Å². The van der Waals surface area contributed by atoms with Crippen LogP contribution >= 0.6 is 12.6 Å². The van der Waals surface area contributed by atoms with Crippen LogP contribution in [-0.4, -0.2) is 10.9 Å². The highest BCUT2D eigenvalue weighted by atomic mass is 32.1. The van der Waals surface area contributed by atoms with Crippen LogP contribution < -0.4 is 17.2 Å². The number of hydrogen-bond acceptors (Lipinski definition) is 3. The van der Waals surface area contributed by atoms with E-state index in [2.05, 4.69) is 22.6 Å². The fourth-order valence-corrected chi connectivity index (χ4v) is 1.81. The number of fused-ring (bicyclic) bond motifs is 1. The first-order valence-corrected chi connectivity index (χ1v) is 4.73. The molecule has 1 aromatic heterocycles. The number of guanidine groups is 1. The van der Waals surface area contributed by atoms with Gasteiger partial charge in [0.1, 0.15) is 5.82 Å². The molecule has 0 unspecified atom stereocenters. The Hall–Kier alpha value is -1.82. The van der Waals surface area contributed by atoms with E-state index in [9.17, 15) is 0 Å². The summed E-state index contributed by atoms with van der Waals surface area (Å²) in [6.45, 7) is 0. The van der Waals surface area contributed by atoms with Gasteiger partial charge in [0.2, 0.25) is 0 Å². The van der Waals surface area contributed by atoms with Crippen LogP contribution in [0.4, 0.5) is 11.5 Å². The Kier molecular flexibility index (Phi) is 2.20. The summed E-state index contributed by atoms with van der Waals surface area (Å²) in [5.74, 6) is 0.502. The number of aromatic nitrogens is 1. The van der Waals surface area contributed by atoms with Crippen LogP contribution in [0.3, 0.4) is 0 Å². The predicted molar refractivity (Wildman–Crippen MR) is 65.4 cm³/mol. The van der Waals surface area contributed by atoms with Crippen molar-refractivity contribution in [1.82, 2.24) is 4.98 Å². The molecule has 78 valence electrons. The highest BCUT2D eigenvalue weighted by Gasteiger charge is 2.09. The lowest BCUT2D eigenvalue weighted by Gasteiger charge is -1.95. The average molecular weight is 221 g/mol. The second kappa shape index (κ2) is 3.39. The number of hydrogen-bond donors (Lipinski definition) is 5. The Morgan fingerprint density at radius 3 is 2.67 bits per heavy atom. The topological polar surface area (TPSA) is 106 Å². The Balaban J connectivity index is 2.76. The minimum absolute atomic E-state index is 0.0181. The normalized spacial score (nSPS) is 10.5. The van der Waals surface area contributed by atoms with E-state index >= 15 is 0 Å². The molecule has 0 saturated carbocycles. The molecule has 2 rings (SSSR count). The second-order valence-electron chi connectivity index (χ2n) is 3.13. The maximum atomic E-state index is 5.82. The average Bonchev–Trinajstić information content (AvgIpc) is 2.44. The monoisotopic (exact) mass is 221 g/mol. The van der Waals surface area contributed by atoms with Gasteiger partial charge < -0.3 is 22.2 Å². The number of thiol groups is 1. The van der Waals surface area contributed by atoms with Crippen molar-refractivity contribution in [2.24, 2.45) is 16.5 Å². The van der Waals surface area contributed by atoms with Gasteiger partial charge in [-0.05, 0) is 12.1 Å². The third kappa shape index (κ3) is 1.59. The first kappa shape index (κ1) is 9.72. The number of aromatic amines is 1. The zero-order chi connectivity index (χ0) is 11.0. The van der Waals surface area contributed by atoms with E-state index in [-0.39, 0.29) is 5.96 Å². The van der Waals surface area contributed by atoms with Gasteiger partial charge in [-0.3, -0.25) is 0 Å². The summed E-state index contributed by atoms with van der Waals surface area (Å²) < 4.78 is 0. The standard InChI is InChI=1S/C9H11N5S/c10-4-2-1-3-5-6(4)7(15)8(13-5)14-9(11)12/h1-3,13,15H,10H2,(H4,11,12,14). The van der Waals surface area contributed by atoms with E-state index in [1.54, 1.807) is 6.07 Å². The zero-order valence-electron chi connectivity index (χ0n) is 7.86. The van der Waals surface area contributed by atoms with Crippen molar-refractivity contribution in [2.75, 3.05) is 5.73 Å². The molecule has 0 amide bonds. The minimum atomic E-state index is -0.0181. The number of aliphatic imine (C=N–C) groups is 1. The van der Waals surface area contributed by atoms with Crippen LogP contribution in [0.2, 0.25) is 0 Å². The minimum Gasteiger partial charge on any atom is -0.398 e.